The number of aromatic hydroxyl groups is 1. The average Bonchev–Trinajstić information content (AvgIpc) is 2.45. The molecule has 2 rings (SSSR count). The van der Waals surface area contributed by atoms with Gasteiger partial charge in [0, 0.05) is 18.8 Å². The number of rotatable bonds is 6. The van der Waals surface area contributed by atoms with Gasteiger partial charge in [-0.05, 0) is 49.6 Å². The molecule has 0 saturated carbocycles. The van der Waals surface area contributed by atoms with Crippen molar-refractivity contribution in [3.05, 3.63) is 59.9 Å². The van der Waals surface area contributed by atoms with E-state index in [1.807, 2.05) is 36.5 Å². The van der Waals surface area contributed by atoms with Crippen molar-refractivity contribution in [1.82, 2.24) is 10.3 Å². The molecule has 0 radical (unpaired) electrons. The molecule has 1 atom stereocenters. The maximum Gasteiger partial charge on any atom is 0.115 e. The molecule has 0 amide bonds. The number of pyridine rings is 1. The number of benzene rings is 1. The van der Waals surface area contributed by atoms with Crippen molar-refractivity contribution >= 4 is 0 Å². The molecule has 0 aliphatic carbocycles. The summed E-state index contributed by atoms with van der Waals surface area (Å²) in [7, 11) is 0. The molecule has 0 aliphatic heterocycles. The highest BCUT2D eigenvalue weighted by atomic mass is 16.3. The van der Waals surface area contributed by atoms with Crippen LogP contribution >= 0.6 is 0 Å². The van der Waals surface area contributed by atoms with Crippen LogP contribution in [0.15, 0.2) is 48.7 Å². The summed E-state index contributed by atoms with van der Waals surface area (Å²) in [4.78, 5) is 4.29. The number of hydrogen-bond acceptors (Lipinski definition) is 3. The van der Waals surface area contributed by atoms with Gasteiger partial charge in [-0.15, -0.1) is 0 Å². The summed E-state index contributed by atoms with van der Waals surface area (Å²) in [5.41, 5.74) is 2.32. The van der Waals surface area contributed by atoms with E-state index in [9.17, 15) is 5.11 Å². The van der Waals surface area contributed by atoms with E-state index in [1.165, 1.54) is 5.56 Å². The Morgan fingerprint density at radius 3 is 2.63 bits per heavy atom. The molecule has 1 heterocycles. The number of aromatic nitrogens is 1. The minimum atomic E-state index is 0.324. The Morgan fingerprint density at radius 2 is 1.95 bits per heavy atom. The normalized spacial score (nSPS) is 12.3. The number of nitrogens with one attached hydrogen (secondary N) is 1. The smallest absolute Gasteiger partial charge is 0.115 e. The summed E-state index contributed by atoms with van der Waals surface area (Å²) in [6, 6.07) is 13.8. The molecule has 3 nitrogen and oxygen atoms in total. The highest BCUT2D eigenvalue weighted by Crippen LogP contribution is 2.12. The van der Waals surface area contributed by atoms with Crippen molar-refractivity contribution in [2.45, 2.75) is 32.4 Å². The molecule has 2 N–H and O–H groups in total. The van der Waals surface area contributed by atoms with Gasteiger partial charge >= 0.3 is 0 Å². The van der Waals surface area contributed by atoms with E-state index in [1.54, 1.807) is 12.1 Å². The summed E-state index contributed by atoms with van der Waals surface area (Å²) in [5.74, 6) is 0.324. The number of aryl methyl sites for hydroxylation is 1. The molecule has 2 aromatic rings. The zero-order chi connectivity index (χ0) is 13.5. The van der Waals surface area contributed by atoms with Gasteiger partial charge in [-0.2, -0.15) is 0 Å². The van der Waals surface area contributed by atoms with Crippen LogP contribution in [0.4, 0.5) is 0 Å². The Balaban J connectivity index is 1.72. The Morgan fingerprint density at radius 1 is 1.16 bits per heavy atom. The van der Waals surface area contributed by atoms with Crippen LogP contribution in [0, 0.1) is 0 Å². The maximum atomic E-state index is 9.23. The van der Waals surface area contributed by atoms with Crippen LogP contribution in [0.5, 0.6) is 5.75 Å². The minimum absolute atomic E-state index is 0.324. The summed E-state index contributed by atoms with van der Waals surface area (Å²) in [6.07, 6.45) is 3.90. The first kappa shape index (κ1) is 13.6. The average molecular weight is 256 g/mol. The molecule has 1 aromatic carbocycles. The zero-order valence-corrected chi connectivity index (χ0v) is 11.2. The van der Waals surface area contributed by atoms with Crippen molar-refractivity contribution in [2.75, 3.05) is 0 Å². The third-order valence-corrected chi connectivity index (χ3v) is 3.16. The maximum absolute atomic E-state index is 9.23. The molecule has 19 heavy (non-hydrogen) atoms. The monoisotopic (exact) mass is 256 g/mol. The molecule has 1 unspecified atom stereocenters. The Kier molecular flexibility index (Phi) is 4.93. The van der Waals surface area contributed by atoms with Crippen molar-refractivity contribution in [3.8, 4) is 5.75 Å². The predicted octanol–water partition coefficient (Wildman–Crippen LogP) is 2.90. The lowest BCUT2D eigenvalue weighted by Gasteiger charge is -2.13. The fourth-order valence-corrected chi connectivity index (χ4v) is 1.93. The number of nitrogens with zero attached hydrogens (tertiary/aromatic N) is 1. The van der Waals surface area contributed by atoms with Gasteiger partial charge in [-0.1, -0.05) is 18.2 Å². The molecule has 100 valence electrons. The standard InChI is InChI=1S/C16H20N2O/c1-13(18-12-15-4-2-3-11-17-15)5-6-14-7-9-16(19)10-8-14/h2-4,7-11,13,18-19H,5-6,12H2,1H3. The highest BCUT2D eigenvalue weighted by molar-refractivity contribution is 5.25. The van der Waals surface area contributed by atoms with Crippen LogP contribution in [0.1, 0.15) is 24.6 Å². The van der Waals surface area contributed by atoms with Gasteiger partial charge in [-0.3, -0.25) is 4.98 Å². The second kappa shape index (κ2) is 6.90. The molecular weight excluding hydrogens is 236 g/mol. The Bertz CT molecular complexity index is 482. The molecule has 0 spiro atoms. The van der Waals surface area contributed by atoms with Crippen molar-refractivity contribution in [2.24, 2.45) is 0 Å². The molecular formula is C16H20N2O. The van der Waals surface area contributed by atoms with Crippen molar-refractivity contribution in [1.29, 1.82) is 0 Å². The Labute approximate surface area is 114 Å². The zero-order valence-electron chi connectivity index (χ0n) is 11.2. The molecule has 0 aliphatic rings. The van der Waals surface area contributed by atoms with Gasteiger partial charge in [-0.25, -0.2) is 0 Å². The van der Waals surface area contributed by atoms with Crippen LogP contribution < -0.4 is 5.32 Å². The molecule has 0 saturated heterocycles. The summed E-state index contributed by atoms with van der Waals surface area (Å²) < 4.78 is 0. The fraction of sp³-hybridized carbons (Fsp3) is 0.312. The van der Waals surface area contributed by atoms with Gasteiger partial charge in [0.25, 0.3) is 0 Å². The van der Waals surface area contributed by atoms with Crippen LogP contribution in [-0.2, 0) is 13.0 Å². The van der Waals surface area contributed by atoms with Gasteiger partial charge in [0.1, 0.15) is 5.75 Å². The first-order chi connectivity index (χ1) is 9.24. The summed E-state index contributed by atoms with van der Waals surface area (Å²) >= 11 is 0. The van der Waals surface area contributed by atoms with Crippen LogP contribution in [0.3, 0.4) is 0 Å². The molecule has 0 bridgehead atoms. The lowest BCUT2D eigenvalue weighted by Crippen LogP contribution is -2.26. The van der Waals surface area contributed by atoms with E-state index >= 15 is 0 Å². The van der Waals surface area contributed by atoms with E-state index < -0.39 is 0 Å². The topological polar surface area (TPSA) is 45.1 Å². The number of hydrogen-bond donors (Lipinski definition) is 2. The van der Waals surface area contributed by atoms with E-state index in [0.717, 1.165) is 25.1 Å². The first-order valence-corrected chi connectivity index (χ1v) is 6.65. The van der Waals surface area contributed by atoms with E-state index in [-0.39, 0.29) is 0 Å². The van der Waals surface area contributed by atoms with Gasteiger partial charge < -0.3 is 10.4 Å². The van der Waals surface area contributed by atoms with Gasteiger partial charge in [0.05, 0.1) is 5.69 Å². The third-order valence-electron chi connectivity index (χ3n) is 3.16. The second-order valence-electron chi connectivity index (χ2n) is 4.81. The van der Waals surface area contributed by atoms with Crippen LogP contribution in [0.2, 0.25) is 0 Å². The highest BCUT2D eigenvalue weighted by Gasteiger charge is 2.03. The lowest BCUT2D eigenvalue weighted by atomic mass is 10.1. The number of phenols is 1. The minimum Gasteiger partial charge on any atom is -0.508 e. The van der Waals surface area contributed by atoms with E-state index in [4.69, 9.17) is 0 Å². The first-order valence-electron chi connectivity index (χ1n) is 6.65. The number of phenolic OH excluding ortho intramolecular Hbond substituents is 1. The van der Waals surface area contributed by atoms with E-state index in [0.29, 0.717) is 11.8 Å². The van der Waals surface area contributed by atoms with Crippen molar-refractivity contribution < 1.29 is 5.11 Å². The third kappa shape index (κ3) is 4.72. The van der Waals surface area contributed by atoms with E-state index in [2.05, 4.69) is 17.2 Å². The van der Waals surface area contributed by atoms with Crippen LogP contribution in [0.25, 0.3) is 0 Å². The molecule has 0 fully saturated rings. The lowest BCUT2D eigenvalue weighted by molar-refractivity contribution is 0.474. The quantitative estimate of drug-likeness (QED) is 0.835. The molecule has 1 aromatic heterocycles. The predicted molar refractivity (Wildman–Crippen MR) is 77.0 cm³/mol. The Hall–Kier alpha value is -1.87. The SMILES string of the molecule is CC(CCc1ccc(O)cc1)NCc1ccccn1. The van der Waals surface area contributed by atoms with Crippen molar-refractivity contribution in [3.63, 3.8) is 0 Å². The van der Waals surface area contributed by atoms with Gasteiger partial charge in [0.15, 0.2) is 0 Å². The largest absolute Gasteiger partial charge is 0.508 e. The van der Waals surface area contributed by atoms with Gasteiger partial charge in [0.2, 0.25) is 0 Å². The summed E-state index contributed by atoms with van der Waals surface area (Å²) in [5, 5.41) is 12.7. The van der Waals surface area contributed by atoms with Crippen LogP contribution in [-0.4, -0.2) is 16.1 Å². The summed E-state index contributed by atoms with van der Waals surface area (Å²) in [6.45, 7) is 2.99. The second-order valence-corrected chi connectivity index (χ2v) is 4.81. The fourth-order valence-electron chi connectivity index (χ4n) is 1.93. The molecule has 3 heteroatoms.